The molecule has 0 spiro atoms. The zero-order valence-electron chi connectivity index (χ0n) is 17.6. The molecule has 170 valence electrons. The number of amides is 1. The Kier molecular flexibility index (Phi) is 5.35. The number of nitrogen functional groups attached to an aromatic ring is 1. The van der Waals surface area contributed by atoms with Crippen molar-refractivity contribution in [3.63, 3.8) is 0 Å². The maximum atomic E-state index is 13.0. The molecule has 1 amide bonds. The maximum absolute atomic E-state index is 13.0. The lowest BCUT2D eigenvalue weighted by molar-refractivity contribution is 0.102. The van der Waals surface area contributed by atoms with E-state index < -0.39 is 21.5 Å². The topological polar surface area (TPSA) is 173 Å². The molecule has 33 heavy (non-hydrogen) atoms. The summed E-state index contributed by atoms with van der Waals surface area (Å²) in [5, 5.41) is 15.8. The third kappa shape index (κ3) is 4.02. The van der Waals surface area contributed by atoms with E-state index in [1.165, 1.54) is 28.9 Å². The zero-order chi connectivity index (χ0) is 23.9. The summed E-state index contributed by atoms with van der Waals surface area (Å²) in [6.45, 7) is 1.70. The van der Waals surface area contributed by atoms with Crippen molar-refractivity contribution in [2.24, 2.45) is 12.2 Å². The largest absolute Gasteiger partial charge is 0.380 e. The van der Waals surface area contributed by atoms with Gasteiger partial charge in [0.15, 0.2) is 11.5 Å². The first-order valence-electron chi connectivity index (χ1n) is 9.59. The number of anilines is 2. The second kappa shape index (κ2) is 8.03. The van der Waals surface area contributed by atoms with Crippen LogP contribution in [0, 0.1) is 6.92 Å². The molecule has 5 N–H and O–H groups in total. The van der Waals surface area contributed by atoms with Gasteiger partial charge in [-0.2, -0.15) is 0 Å². The van der Waals surface area contributed by atoms with E-state index in [1.54, 1.807) is 42.9 Å². The van der Waals surface area contributed by atoms with Crippen molar-refractivity contribution in [2.45, 2.75) is 11.8 Å². The van der Waals surface area contributed by atoms with Crippen LogP contribution in [-0.2, 0) is 17.1 Å². The van der Waals surface area contributed by atoms with Crippen LogP contribution in [-0.4, -0.2) is 38.7 Å². The van der Waals surface area contributed by atoms with Gasteiger partial charge in [0.2, 0.25) is 10.0 Å². The number of rotatable bonds is 5. The zero-order valence-corrected chi connectivity index (χ0v) is 18.4. The summed E-state index contributed by atoms with van der Waals surface area (Å²) in [4.78, 5) is 26.9. The SMILES string of the molecule is Cc1c(NC(=O)c2nn(-c3ccc(S(N)(=O)=O)cc3)nc2N)c(=O)n(-c2ccccc2)n1C. The lowest BCUT2D eigenvalue weighted by Crippen LogP contribution is -2.23. The Morgan fingerprint density at radius 3 is 2.24 bits per heavy atom. The second-order valence-electron chi connectivity index (χ2n) is 7.15. The van der Waals surface area contributed by atoms with Crippen molar-refractivity contribution in [2.75, 3.05) is 11.1 Å². The van der Waals surface area contributed by atoms with Crippen LogP contribution in [0.5, 0.6) is 0 Å². The van der Waals surface area contributed by atoms with Gasteiger partial charge in [0.25, 0.3) is 11.5 Å². The quantitative estimate of drug-likeness (QED) is 0.383. The Morgan fingerprint density at radius 1 is 1.00 bits per heavy atom. The lowest BCUT2D eigenvalue weighted by atomic mass is 10.3. The number of hydrogen-bond acceptors (Lipinski definition) is 7. The third-order valence-electron chi connectivity index (χ3n) is 5.04. The van der Waals surface area contributed by atoms with E-state index in [0.717, 1.165) is 4.80 Å². The fourth-order valence-corrected chi connectivity index (χ4v) is 3.76. The molecule has 12 nitrogen and oxygen atoms in total. The molecule has 4 rings (SSSR count). The van der Waals surface area contributed by atoms with Crippen LogP contribution in [0.2, 0.25) is 0 Å². The maximum Gasteiger partial charge on any atom is 0.295 e. The van der Waals surface area contributed by atoms with Crippen LogP contribution in [0.25, 0.3) is 11.4 Å². The summed E-state index contributed by atoms with van der Waals surface area (Å²) in [5.41, 5.74) is 6.87. The molecule has 2 aromatic carbocycles. The van der Waals surface area contributed by atoms with Gasteiger partial charge < -0.3 is 11.1 Å². The molecule has 0 aliphatic rings. The third-order valence-corrected chi connectivity index (χ3v) is 5.97. The minimum Gasteiger partial charge on any atom is -0.380 e. The van der Waals surface area contributed by atoms with E-state index in [4.69, 9.17) is 10.9 Å². The standard InChI is InChI=1S/C20H20N8O4S/c1-12-16(20(30)27(26(12)2)13-6-4-3-5-7-13)23-19(29)17-18(21)25-28(24-17)14-8-10-15(11-9-14)33(22,31)32/h3-11H,1-2H3,(H2,21,25)(H,23,29)(H2,22,31,32). The fraction of sp³-hybridized carbons (Fsp3) is 0.100. The highest BCUT2D eigenvalue weighted by Crippen LogP contribution is 2.17. The first-order chi connectivity index (χ1) is 15.6. The van der Waals surface area contributed by atoms with Crippen LogP contribution in [0.1, 0.15) is 16.2 Å². The number of nitrogens with one attached hydrogen (secondary N) is 1. The van der Waals surface area contributed by atoms with Crippen molar-refractivity contribution in [1.82, 2.24) is 24.4 Å². The molecule has 4 aromatic rings. The van der Waals surface area contributed by atoms with Gasteiger partial charge >= 0.3 is 0 Å². The van der Waals surface area contributed by atoms with Gasteiger partial charge in [-0.1, -0.05) is 18.2 Å². The molecule has 0 saturated heterocycles. The Labute approximate surface area is 188 Å². The van der Waals surface area contributed by atoms with Crippen LogP contribution in [0.4, 0.5) is 11.5 Å². The highest BCUT2D eigenvalue weighted by atomic mass is 32.2. The highest BCUT2D eigenvalue weighted by molar-refractivity contribution is 7.89. The number of carbonyl (C=O) groups is 1. The molecular formula is C20H20N8O4S. The number of hydrogen-bond donors (Lipinski definition) is 3. The molecule has 0 aliphatic carbocycles. The minimum absolute atomic E-state index is 0.0813. The smallest absolute Gasteiger partial charge is 0.295 e. The molecule has 0 atom stereocenters. The summed E-state index contributed by atoms with van der Waals surface area (Å²) in [5.74, 6) is -0.883. The van der Waals surface area contributed by atoms with Gasteiger partial charge in [-0.05, 0) is 43.3 Å². The Morgan fingerprint density at radius 2 is 1.64 bits per heavy atom. The van der Waals surface area contributed by atoms with Gasteiger partial charge in [-0.25, -0.2) is 18.2 Å². The van der Waals surface area contributed by atoms with Gasteiger partial charge in [0.05, 0.1) is 22.0 Å². The van der Waals surface area contributed by atoms with E-state index in [2.05, 4.69) is 15.5 Å². The van der Waals surface area contributed by atoms with Gasteiger partial charge in [-0.15, -0.1) is 15.0 Å². The number of nitrogens with zero attached hydrogens (tertiary/aromatic N) is 5. The molecule has 0 saturated carbocycles. The highest BCUT2D eigenvalue weighted by Gasteiger charge is 2.23. The Bertz CT molecular complexity index is 1520. The van der Waals surface area contributed by atoms with E-state index in [0.29, 0.717) is 17.1 Å². The molecule has 0 bridgehead atoms. The van der Waals surface area contributed by atoms with Crippen molar-refractivity contribution >= 4 is 27.4 Å². The van der Waals surface area contributed by atoms with E-state index in [-0.39, 0.29) is 22.1 Å². The second-order valence-corrected chi connectivity index (χ2v) is 8.71. The number of benzene rings is 2. The number of nitrogens with two attached hydrogens (primary N) is 2. The van der Waals surface area contributed by atoms with Crippen molar-refractivity contribution in [3.05, 3.63) is 76.3 Å². The molecule has 0 fully saturated rings. The number of aromatic nitrogens is 5. The normalized spacial score (nSPS) is 11.5. The summed E-state index contributed by atoms with van der Waals surface area (Å²) in [7, 11) is -2.15. The van der Waals surface area contributed by atoms with Gasteiger partial charge in [-0.3, -0.25) is 14.3 Å². The Balaban J connectivity index is 1.65. The monoisotopic (exact) mass is 468 g/mol. The molecule has 0 unspecified atom stereocenters. The summed E-state index contributed by atoms with van der Waals surface area (Å²) in [6.07, 6.45) is 0. The van der Waals surface area contributed by atoms with E-state index in [9.17, 15) is 18.0 Å². The van der Waals surface area contributed by atoms with E-state index >= 15 is 0 Å². The van der Waals surface area contributed by atoms with Crippen molar-refractivity contribution in [1.29, 1.82) is 0 Å². The molecule has 2 aromatic heterocycles. The van der Waals surface area contributed by atoms with Crippen LogP contribution < -0.4 is 21.7 Å². The fourth-order valence-electron chi connectivity index (χ4n) is 3.25. The summed E-state index contributed by atoms with van der Waals surface area (Å²) < 4.78 is 25.9. The van der Waals surface area contributed by atoms with Crippen LogP contribution in [0.3, 0.4) is 0 Å². The number of para-hydroxylation sites is 1. The molecule has 2 heterocycles. The van der Waals surface area contributed by atoms with Gasteiger partial charge in [0, 0.05) is 7.05 Å². The van der Waals surface area contributed by atoms with Crippen LogP contribution >= 0.6 is 0 Å². The number of carbonyl (C=O) groups excluding carboxylic acids is 1. The van der Waals surface area contributed by atoms with Crippen LogP contribution in [0.15, 0.2) is 64.3 Å². The predicted molar refractivity (Wildman–Crippen MR) is 121 cm³/mol. The minimum atomic E-state index is -3.86. The molecule has 0 radical (unpaired) electrons. The number of primary sulfonamides is 1. The van der Waals surface area contributed by atoms with Gasteiger partial charge in [0.1, 0.15) is 5.69 Å². The summed E-state index contributed by atoms with van der Waals surface area (Å²) >= 11 is 0. The van der Waals surface area contributed by atoms with E-state index in [1.807, 2.05) is 6.07 Å². The van der Waals surface area contributed by atoms with Crippen molar-refractivity contribution < 1.29 is 13.2 Å². The lowest BCUT2D eigenvalue weighted by Gasteiger charge is -2.07. The average molecular weight is 468 g/mol. The molecule has 0 aliphatic heterocycles. The summed E-state index contributed by atoms with van der Waals surface area (Å²) in [6, 6.07) is 14.4. The number of sulfonamides is 1. The molecular weight excluding hydrogens is 448 g/mol. The Hall–Kier alpha value is -4.23. The first kappa shape index (κ1) is 22.0. The first-order valence-corrected chi connectivity index (χ1v) is 11.1. The predicted octanol–water partition coefficient (Wildman–Crippen LogP) is 0.547. The molecule has 13 heteroatoms. The average Bonchev–Trinajstić information content (AvgIpc) is 3.27. The van der Waals surface area contributed by atoms with Crippen molar-refractivity contribution in [3.8, 4) is 11.4 Å².